The van der Waals surface area contributed by atoms with Crippen molar-refractivity contribution < 1.29 is 4.79 Å². The van der Waals surface area contributed by atoms with Gasteiger partial charge in [0.1, 0.15) is 0 Å². The number of hydrogen-bond donors (Lipinski definition) is 2. The molecule has 1 aliphatic carbocycles. The van der Waals surface area contributed by atoms with Crippen LogP contribution in [-0.2, 0) is 4.79 Å². The summed E-state index contributed by atoms with van der Waals surface area (Å²) in [4.78, 5) is 11.8. The minimum absolute atomic E-state index is 0.220. The molecule has 2 aliphatic rings. The zero-order valence-corrected chi connectivity index (χ0v) is 11.2. The van der Waals surface area contributed by atoms with Gasteiger partial charge in [0.2, 0.25) is 5.91 Å². The van der Waals surface area contributed by atoms with Crippen LogP contribution in [0, 0.1) is 17.3 Å². The molecule has 3 nitrogen and oxygen atoms in total. The first kappa shape index (κ1) is 12.9. The van der Waals surface area contributed by atoms with Crippen molar-refractivity contribution in [1.82, 2.24) is 10.6 Å². The third-order valence-electron chi connectivity index (χ3n) is 4.58. The number of hydrogen-bond acceptors (Lipinski definition) is 2. The Morgan fingerprint density at radius 3 is 2.41 bits per heavy atom. The van der Waals surface area contributed by atoms with Crippen LogP contribution in [0.15, 0.2) is 0 Å². The summed E-state index contributed by atoms with van der Waals surface area (Å²) in [5.74, 6) is 1.25. The Morgan fingerprint density at radius 2 is 1.88 bits per heavy atom. The Hall–Kier alpha value is -0.570. The van der Waals surface area contributed by atoms with E-state index in [-0.39, 0.29) is 17.2 Å². The molecule has 2 N–H and O–H groups in total. The van der Waals surface area contributed by atoms with Crippen molar-refractivity contribution in [1.29, 1.82) is 0 Å². The second kappa shape index (κ2) is 5.38. The third kappa shape index (κ3) is 3.21. The van der Waals surface area contributed by atoms with E-state index in [2.05, 4.69) is 24.5 Å². The van der Waals surface area contributed by atoms with Crippen molar-refractivity contribution in [3.05, 3.63) is 0 Å². The van der Waals surface area contributed by atoms with Crippen LogP contribution in [0.4, 0.5) is 0 Å². The molecule has 2 fully saturated rings. The lowest BCUT2D eigenvalue weighted by molar-refractivity contribution is -0.127. The predicted molar refractivity (Wildman–Crippen MR) is 69.7 cm³/mol. The molecule has 2 rings (SSSR count). The quantitative estimate of drug-likeness (QED) is 0.786. The Morgan fingerprint density at radius 1 is 1.24 bits per heavy atom. The van der Waals surface area contributed by atoms with Crippen molar-refractivity contribution in [2.45, 2.75) is 46.0 Å². The zero-order valence-electron chi connectivity index (χ0n) is 11.2. The summed E-state index contributed by atoms with van der Waals surface area (Å²) in [7, 11) is 0. The Kier molecular flexibility index (Phi) is 4.08. The minimum Gasteiger partial charge on any atom is -0.355 e. The zero-order chi connectivity index (χ0) is 12.3. The van der Waals surface area contributed by atoms with Gasteiger partial charge in [-0.05, 0) is 24.2 Å². The average Bonchev–Trinajstić information content (AvgIpc) is 2.25. The Labute approximate surface area is 105 Å². The van der Waals surface area contributed by atoms with Crippen molar-refractivity contribution in [2.75, 3.05) is 19.6 Å². The van der Waals surface area contributed by atoms with Gasteiger partial charge in [0.25, 0.3) is 0 Å². The molecule has 0 aromatic carbocycles. The molecule has 1 heterocycles. The topological polar surface area (TPSA) is 41.1 Å². The number of carbonyl (C=O) groups is 1. The highest BCUT2D eigenvalue weighted by molar-refractivity contribution is 5.80. The van der Waals surface area contributed by atoms with Crippen molar-refractivity contribution >= 4 is 5.91 Å². The van der Waals surface area contributed by atoms with Gasteiger partial charge in [-0.25, -0.2) is 0 Å². The lowest BCUT2D eigenvalue weighted by Gasteiger charge is -2.38. The highest BCUT2D eigenvalue weighted by Crippen LogP contribution is 2.37. The van der Waals surface area contributed by atoms with Crippen LogP contribution >= 0.6 is 0 Å². The Balaban J connectivity index is 1.77. The van der Waals surface area contributed by atoms with E-state index in [1.807, 2.05) is 0 Å². The molecule has 3 heteroatoms. The van der Waals surface area contributed by atoms with E-state index in [0.29, 0.717) is 0 Å². The monoisotopic (exact) mass is 238 g/mol. The molecule has 1 saturated carbocycles. The summed E-state index contributed by atoms with van der Waals surface area (Å²) >= 11 is 0. The van der Waals surface area contributed by atoms with Gasteiger partial charge in [0.05, 0.1) is 5.92 Å². The summed E-state index contributed by atoms with van der Waals surface area (Å²) in [6, 6.07) is 0. The largest absolute Gasteiger partial charge is 0.355 e. The molecule has 0 aromatic heterocycles. The van der Waals surface area contributed by atoms with Crippen molar-refractivity contribution in [2.24, 2.45) is 17.3 Å². The lowest BCUT2D eigenvalue weighted by Crippen LogP contribution is -2.52. The van der Waals surface area contributed by atoms with Gasteiger partial charge >= 0.3 is 0 Å². The molecule has 1 saturated heterocycles. The molecule has 1 amide bonds. The number of nitrogens with one attached hydrogen (secondary N) is 2. The summed E-state index contributed by atoms with van der Waals surface area (Å²) in [6.45, 7) is 7.17. The summed E-state index contributed by atoms with van der Waals surface area (Å²) < 4.78 is 0. The molecule has 0 unspecified atom stereocenters. The van der Waals surface area contributed by atoms with E-state index >= 15 is 0 Å². The normalized spacial score (nSPS) is 23.2. The maximum Gasteiger partial charge on any atom is 0.225 e. The van der Waals surface area contributed by atoms with Crippen molar-refractivity contribution in [3.63, 3.8) is 0 Å². The lowest BCUT2D eigenvalue weighted by atomic mass is 9.71. The number of amides is 1. The van der Waals surface area contributed by atoms with E-state index in [1.165, 1.54) is 32.1 Å². The van der Waals surface area contributed by atoms with E-state index in [9.17, 15) is 4.79 Å². The molecule has 17 heavy (non-hydrogen) atoms. The maximum atomic E-state index is 11.8. The first-order chi connectivity index (χ1) is 8.09. The second-order valence-corrected chi connectivity index (χ2v) is 6.40. The van der Waals surface area contributed by atoms with Crippen LogP contribution in [0.2, 0.25) is 0 Å². The van der Waals surface area contributed by atoms with Gasteiger partial charge in [-0.15, -0.1) is 0 Å². The first-order valence-electron chi connectivity index (χ1n) is 7.08. The fourth-order valence-electron chi connectivity index (χ4n) is 2.96. The van der Waals surface area contributed by atoms with E-state index in [4.69, 9.17) is 0 Å². The van der Waals surface area contributed by atoms with Crippen LogP contribution in [0.25, 0.3) is 0 Å². The fraction of sp³-hybridized carbons (Fsp3) is 0.929. The Bertz CT molecular complexity index is 265. The predicted octanol–water partition coefficient (Wildman–Crippen LogP) is 1.93. The molecular weight excluding hydrogens is 212 g/mol. The van der Waals surface area contributed by atoms with Crippen LogP contribution in [0.3, 0.4) is 0 Å². The summed E-state index contributed by atoms with van der Waals surface area (Å²) in [6.07, 6.45) is 6.82. The van der Waals surface area contributed by atoms with Gasteiger partial charge in [-0.2, -0.15) is 0 Å². The highest BCUT2D eigenvalue weighted by Gasteiger charge is 2.32. The molecule has 0 radical (unpaired) electrons. The molecule has 0 aromatic rings. The van der Waals surface area contributed by atoms with Gasteiger partial charge in [0.15, 0.2) is 0 Å². The van der Waals surface area contributed by atoms with Crippen LogP contribution in [-0.4, -0.2) is 25.5 Å². The van der Waals surface area contributed by atoms with Gasteiger partial charge in [-0.1, -0.05) is 33.1 Å². The highest BCUT2D eigenvalue weighted by atomic mass is 16.2. The van der Waals surface area contributed by atoms with Gasteiger partial charge < -0.3 is 10.6 Å². The van der Waals surface area contributed by atoms with Crippen molar-refractivity contribution in [3.8, 4) is 0 Å². The average molecular weight is 238 g/mol. The second-order valence-electron chi connectivity index (χ2n) is 6.40. The molecule has 0 spiro atoms. The summed E-state index contributed by atoms with van der Waals surface area (Å²) in [5, 5.41) is 6.29. The molecular formula is C14H26N2O. The van der Waals surface area contributed by atoms with Crippen LogP contribution in [0.5, 0.6) is 0 Å². The minimum atomic E-state index is 0.220. The smallest absolute Gasteiger partial charge is 0.225 e. The fourth-order valence-corrected chi connectivity index (χ4v) is 2.96. The standard InChI is InChI=1S/C14H26N2O/c1-14(2,12-6-4-3-5-7-12)10-16-13(17)11-8-15-9-11/h11-12,15H,3-10H2,1-2H3,(H,16,17). The number of rotatable bonds is 4. The van der Waals surface area contributed by atoms with Crippen LogP contribution in [0.1, 0.15) is 46.0 Å². The van der Waals surface area contributed by atoms with Crippen LogP contribution < -0.4 is 10.6 Å². The SMILES string of the molecule is CC(C)(CNC(=O)C1CNC1)C1CCCCC1. The maximum absolute atomic E-state index is 11.8. The molecule has 0 bridgehead atoms. The van der Waals surface area contributed by atoms with E-state index in [1.54, 1.807) is 0 Å². The molecule has 1 aliphatic heterocycles. The molecule has 98 valence electrons. The van der Waals surface area contributed by atoms with E-state index < -0.39 is 0 Å². The van der Waals surface area contributed by atoms with Gasteiger partial charge in [0, 0.05) is 19.6 Å². The van der Waals surface area contributed by atoms with Gasteiger partial charge in [-0.3, -0.25) is 4.79 Å². The first-order valence-corrected chi connectivity index (χ1v) is 7.08. The molecule has 0 atom stereocenters. The summed E-state index contributed by atoms with van der Waals surface area (Å²) in [5.41, 5.74) is 0.257. The number of carbonyl (C=O) groups excluding carboxylic acids is 1. The third-order valence-corrected chi connectivity index (χ3v) is 4.58. The van der Waals surface area contributed by atoms with E-state index in [0.717, 1.165) is 25.6 Å².